The minimum absolute atomic E-state index is 0.0590. The van der Waals surface area contributed by atoms with Crippen LogP contribution in [0.2, 0.25) is 0 Å². The Labute approximate surface area is 115 Å². The molecule has 1 rings (SSSR count). The molecule has 0 unspecified atom stereocenters. The topological polar surface area (TPSA) is 29.1 Å². The van der Waals surface area contributed by atoms with E-state index in [2.05, 4.69) is 41.8 Å². The lowest BCUT2D eigenvalue weighted by Gasteiger charge is -2.05. The van der Waals surface area contributed by atoms with Crippen molar-refractivity contribution >= 4 is 39.8 Å². The molecule has 1 amide bonds. The number of carbonyl (C=O) groups excluding carboxylic acids is 1. The van der Waals surface area contributed by atoms with Gasteiger partial charge in [0.25, 0.3) is 5.91 Å². The molecule has 0 atom stereocenters. The normalized spacial score (nSPS) is 10.8. The fraction of sp³-hybridized carbons (Fsp3) is 0.583. The van der Waals surface area contributed by atoms with Gasteiger partial charge in [0, 0.05) is 11.9 Å². The van der Waals surface area contributed by atoms with E-state index in [9.17, 15) is 4.79 Å². The third-order valence-electron chi connectivity index (χ3n) is 2.32. The molecule has 0 saturated heterocycles. The molecule has 0 aromatic carbocycles. The number of hydrogen-bond donors (Lipinski definition) is 1. The van der Waals surface area contributed by atoms with Crippen molar-refractivity contribution in [3.63, 3.8) is 0 Å². The molecule has 90 valence electrons. The summed E-state index contributed by atoms with van der Waals surface area (Å²) in [5.74, 6) is 0.817. The minimum atomic E-state index is 0.0590. The molecule has 0 aliphatic rings. The first-order valence-electron chi connectivity index (χ1n) is 5.62. The second-order valence-electron chi connectivity index (χ2n) is 4.29. The van der Waals surface area contributed by atoms with Gasteiger partial charge in [-0.2, -0.15) is 0 Å². The monoisotopic (exact) mass is 351 g/mol. The van der Waals surface area contributed by atoms with Crippen LogP contribution in [0.5, 0.6) is 0 Å². The van der Waals surface area contributed by atoms with Gasteiger partial charge in [0.15, 0.2) is 0 Å². The lowest BCUT2D eigenvalue weighted by Crippen LogP contribution is -2.23. The number of amides is 1. The van der Waals surface area contributed by atoms with E-state index in [0.29, 0.717) is 0 Å². The number of thiophene rings is 1. The lowest BCUT2D eigenvalue weighted by molar-refractivity contribution is 0.0953. The van der Waals surface area contributed by atoms with Gasteiger partial charge < -0.3 is 5.32 Å². The van der Waals surface area contributed by atoms with Gasteiger partial charge in [-0.25, -0.2) is 0 Å². The van der Waals surface area contributed by atoms with E-state index < -0.39 is 0 Å². The zero-order valence-corrected chi connectivity index (χ0v) is 12.7. The van der Waals surface area contributed by atoms with Crippen molar-refractivity contribution in [3.8, 4) is 0 Å². The fourth-order valence-corrected chi connectivity index (χ4v) is 2.74. The van der Waals surface area contributed by atoms with Crippen LogP contribution in [0.3, 0.4) is 0 Å². The Morgan fingerprint density at radius 3 is 2.81 bits per heavy atom. The Morgan fingerprint density at radius 2 is 2.25 bits per heavy atom. The minimum Gasteiger partial charge on any atom is -0.352 e. The van der Waals surface area contributed by atoms with Crippen LogP contribution in [-0.4, -0.2) is 12.5 Å². The third kappa shape index (κ3) is 5.30. The largest absolute Gasteiger partial charge is 0.352 e. The molecule has 0 saturated carbocycles. The first-order chi connectivity index (χ1) is 7.59. The highest BCUT2D eigenvalue weighted by Gasteiger charge is 2.06. The lowest BCUT2D eigenvalue weighted by atomic mass is 10.1. The summed E-state index contributed by atoms with van der Waals surface area (Å²) in [5, 5.41) is 4.86. The summed E-state index contributed by atoms with van der Waals surface area (Å²) in [6.07, 6.45) is 3.51. The number of rotatable bonds is 6. The molecule has 2 nitrogen and oxygen atoms in total. The quantitative estimate of drug-likeness (QED) is 0.611. The van der Waals surface area contributed by atoms with Crippen molar-refractivity contribution in [2.75, 3.05) is 6.54 Å². The Kier molecular flexibility index (Phi) is 6.34. The zero-order chi connectivity index (χ0) is 12.0. The molecular formula is C12H18INOS. The predicted octanol–water partition coefficient (Wildman–Crippen LogP) is 3.91. The van der Waals surface area contributed by atoms with Gasteiger partial charge in [-0.05, 0) is 41.0 Å². The van der Waals surface area contributed by atoms with Crippen LogP contribution in [0.25, 0.3) is 0 Å². The van der Waals surface area contributed by atoms with Gasteiger partial charge in [0.05, 0.1) is 8.45 Å². The number of hydrogen-bond acceptors (Lipinski definition) is 2. The second-order valence-corrected chi connectivity index (χ2v) is 7.09. The Bertz CT molecular complexity index is 336. The molecule has 0 fully saturated rings. The second kappa shape index (κ2) is 7.27. The molecule has 4 heteroatoms. The highest BCUT2D eigenvalue weighted by Crippen LogP contribution is 2.16. The predicted molar refractivity (Wildman–Crippen MR) is 78.1 cm³/mol. The van der Waals surface area contributed by atoms with Crippen LogP contribution in [0, 0.1) is 8.80 Å². The fourth-order valence-electron chi connectivity index (χ4n) is 1.41. The molecule has 0 bridgehead atoms. The SMILES string of the molecule is CC(C)CCCCNC(=O)c1csc(I)c1. The maximum absolute atomic E-state index is 11.6. The number of unbranched alkanes of at least 4 members (excludes halogenated alkanes) is 1. The summed E-state index contributed by atoms with van der Waals surface area (Å²) in [5.41, 5.74) is 0.790. The summed E-state index contributed by atoms with van der Waals surface area (Å²) in [4.78, 5) is 11.6. The van der Waals surface area contributed by atoms with E-state index >= 15 is 0 Å². The highest BCUT2D eigenvalue weighted by molar-refractivity contribution is 14.1. The number of nitrogens with one attached hydrogen (secondary N) is 1. The van der Waals surface area contributed by atoms with Crippen LogP contribution < -0.4 is 5.32 Å². The van der Waals surface area contributed by atoms with Gasteiger partial charge in [-0.1, -0.05) is 26.7 Å². The van der Waals surface area contributed by atoms with Gasteiger partial charge >= 0.3 is 0 Å². The number of carbonyl (C=O) groups is 1. The molecule has 0 aliphatic carbocycles. The van der Waals surface area contributed by atoms with Crippen LogP contribution in [0.1, 0.15) is 43.5 Å². The molecule has 16 heavy (non-hydrogen) atoms. The van der Waals surface area contributed by atoms with Crippen LogP contribution >= 0.6 is 33.9 Å². The van der Waals surface area contributed by atoms with E-state index in [1.54, 1.807) is 11.3 Å². The third-order valence-corrected chi connectivity index (χ3v) is 4.11. The highest BCUT2D eigenvalue weighted by atomic mass is 127. The molecule has 1 N–H and O–H groups in total. The Hall–Kier alpha value is -0.100. The summed E-state index contributed by atoms with van der Waals surface area (Å²) in [6.45, 7) is 5.25. The average molecular weight is 351 g/mol. The van der Waals surface area contributed by atoms with Gasteiger partial charge in [-0.3, -0.25) is 4.79 Å². The van der Waals surface area contributed by atoms with Crippen molar-refractivity contribution < 1.29 is 4.79 Å². The molecule has 0 radical (unpaired) electrons. The first kappa shape index (κ1) is 14.0. The Balaban J connectivity index is 2.16. The maximum atomic E-state index is 11.6. The van der Waals surface area contributed by atoms with Gasteiger partial charge in [-0.15, -0.1) is 11.3 Å². The summed E-state index contributed by atoms with van der Waals surface area (Å²) in [7, 11) is 0. The average Bonchev–Trinajstić information content (AvgIpc) is 2.63. The van der Waals surface area contributed by atoms with Gasteiger partial charge in [0.2, 0.25) is 0 Å². The zero-order valence-electron chi connectivity index (χ0n) is 9.75. The Morgan fingerprint density at radius 1 is 1.50 bits per heavy atom. The molecule has 1 heterocycles. The van der Waals surface area contributed by atoms with Crippen LogP contribution in [-0.2, 0) is 0 Å². The van der Waals surface area contributed by atoms with Crippen LogP contribution in [0.15, 0.2) is 11.4 Å². The standard InChI is InChI=1S/C12H18INOS/c1-9(2)5-3-4-6-14-12(15)10-7-11(13)16-8-10/h7-9H,3-6H2,1-2H3,(H,14,15). The van der Waals surface area contributed by atoms with Crippen molar-refractivity contribution in [1.82, 2.24) is 5.32 Å². The maximum Gasteiger partial charge on any atom is 0.252 e. The van der Waals surface area contributed by atoms with E-state index in [4.69, 9.17) is 0 Å². The molecule has 1 aromatic rings. The summed E-state index contributed by atoms with van der Waals surface area (Å²) >= 11 is 3.84. The van der Waals surface area contributed by atoms with E-state index in [1.165, 1.54) is 12.8 Å². The summed E-state index contributed by atoms with van der Waals surface area (Å²) < 4.78 is 1.16. The molecule has 0 spiro atoms. The molecule has 0 aliphatic heterocycles. The summed E-state index contributed by atoms with van der Waals surface area (Å²) in [6, 6.07) is 1.93. The molecular weight excluding hydrogens is 333 g/mol. The van der Waals surface area contributed by atoms with Crippen molar-refractivity contribution in [2.45, 2.75) is 33.1 Å². The van der Waals surface area contributed by atoms with Crippen LogP contribution in [0.4, 0.5) is 0 Å². The van der Waals surface area contributed by atoms with E-state index in [0.717, 1.165) is 27.3 Å². The number of halogens is 1. The molecule has 1 aromatic heterocycles. The van der Waals surface area contributed by atoms with Crippen molar-refractivity contribution in [1.29, 1.82) is 0 Å². The van der Waals surface area contributed by atoms with E-state index in [-0.39, 0.29) is 5.91 Å². The van der Waals surface area contributed by atoms with Crippen molar-refractivity contribution in [2.24, 2.45) is 5.92 Å². The van der Waals surface area contributed by atoms with Crippen molar-refractivity contribution in [3.05, 3.63) is 19.9 Å². The first-order valence-corrected chi connectivity index (χ1v) is 7.57. The van der Waals surface area contributed by atoms with Gasteiger partial charge in [0.1, 0.15) is 0 Å². The van der Waals surface area contributed by atoms with E-state index in [1.807, 2.05) is 11.4 Å². The smallest absolute Gasteiger partial charge is 0.252 e.